The SMILES string of the molecule is CC#CC(OC)OC(=O)C(C)Nc1cccc2ccccc12. The largest absolute Gasteiger partial charge is 0.422 e. The van der Waals surface area contributed by atoms with E-state index in [0.29, 0.717) is 0 Å². The molecule has 2 rings (SSSR count). The second-order valence-electron chi connectivity index (χ2n) is 4.79. The molecule has 4 nitrogen and oxygen atoms in total. The van der Waals surface area contributed by atoms with Crippen molar-refractivity contribution in [2.45, 2.75) is 26.2 Å². The zero-order valence-corrected chi connectivity index (χ0v) is 12.9. The minimum atomic E-state index is -0.839. The molecule has 2 aromatic rings. The van der Waals surface area contributed by atoms with Crippen molar-refractivity contribution >= 4 is 22.4 Å². The first kappa shape index (κ1) is 15.9. The molecule has 0 saturated carbocycles. The van der Waals surface area contributed by atoms with Gasteiger partial charge in [0.1, 0.15) is 6.04 Å². The molecule has 2 atom stereocenters. The first-order valence-corrected chi connectivity index (χ1v) is 7.05. The van der Waals surface area contributed by atoms with Crippen LogP contribution in [-0.4, -0.2) is 25.4 Å². The summed E-state index contributed by atoms with van der Waals surface area (Å²) in [6.45, 7) is 3.41. The summed E-state index contributed by atoms with van der Waals surface area (Å²) in [6.07, 6.45) is -0.839. The minimum absolute atomic E-state index is 0.414. The highest BCUT2D eigenvalue weighted by molar-refractivity contribution is 5.95. The van der Waals surface area contributed by atoms with Gasteiger partial charge in [-0.05, 0) is 31.2 Å². The Morgan fingerprint density at radius 2 is 1.91 bits per heavy atom. The Labute approximate surface area is 130 Å². The van der Waals surface area contributed by atoms with Crippen LogP contribution >= 0.6 is 0 Å². The first-order chi connectivity index (χ1) is 10.7. The quantitative estimate of drug-likeness (QED) is 0.523. The molecular formula is C18H19NO3. The van der Waals surface area contributed by atoms with Gasteiger partial charge in [0.05, 0.1) is 0 Å². The molecule has 0 heterocycles. The zero-order valence-electron chi connectivity index (χ0n) is 12.9. The van der Waals surface area contributed by atoms with E-state index >= 15 is 0 Å². The molecule has 4 heteroatoms. The van der Waals surface area contributed by atoms with Gasteiger partial charge in [0.2, 0.25) is 0 Å². The summed E-state index contributed by atoms with van der Waals surface area (Å²) in [5.74, 6) is 4.92. The lowest BCUT2D eigenvalue weighted by Gasteiger charge is -2.18. The van der Waals surface area contributed by atoms with Crippen molar-refractivity contribution in [3.8, 4) is 11.8 Å². The van der Waals surface area contributed by atoms with Gasteiger partial charge in [0.25, 0.3) is 6.29 Å². The van der Waals surface area contributed by atoms with Crippen LogP contribution in [-0.2, 0) is 14.3 Å². The van der Waals surface area contributed by atoms with Crippen LogP contribution in [0, 0.1) is 11.8 Å². The van der Waals surface area contributed by atoms with Gasteiger partial charge in [-0.15, -0.1) is 5.92 Å². The number of benzene rings is 2. The highest BCUT2D eigenvalue weighted by atomic mass is 16.7. The summed E-state index contributed by atoms with van der Waals surface area (Å²) in [4.78, 5) is 12.1. The van der Waals surface area contributed by atoms with Gasteiger partial charge in [-0.1, -0.05) is 36.4 Å². The molecule has 0 radical (unpaired) electrons. The lowest BCUT2D eigenvalue weighted by atomic mass is 10.1. The Morgan fingerprint density at radius 3 is 2.64 bits per heavy atom. The molecule has 0 bridgehead atoms. The zero-order chi connectivity index (χ0) is 15.9. The number of hydrogen-bond donors (Lipinski definition) is 1. The van der Waals surface area contributed by atoms with Crippen LogP contribution in [0.5, 0.6) is 0 Å². The Morgan fingerprint density at radius 1 is 1.18 bits per heavy atom. The first-order valence-electron chi connectivity index (χ1n) is 7.05. The number of nitrogens with one attached hydrogen (secondary N) is 1. The molecule has 2 aromatic carbocycles. The molecule has 0 amide bonds. The van der Waals surface area contributed by atoms with E-state index in [2.05, 4.69) is 17.2 Å². The molecule has 22 heavy (non-hydrogen) atoms. The van der Waals surface area contributed by atoms with Crippen molar-refractivity contribution in [3.63, 3.8) is 0 Å². The second-order valence-corrected chi connectivity index (χ2v) is 4.79. The van der Waals surface area contributed by atoms with E-state index in [1.54, 1.807) is 13.8 Å². The fourth-order valence-corrected chi connectivity index (χ4v) is 2.11. The average Bonchev–Trinajstić information content (AvgIpc) is 2.54. The van der Waals surface area contributed by atoms with E-state index < -0.39 is 18.3 Å². The van der Waals surface area contributed by atoms with Gasteiger partial charge >= 0.3 is 5.97 Å². The summed E-state index contributed by atoms with van der Waals surface area (Å²) in [5.41, 5.74) is 0.887. The van der Waals surface area contributed by atoms with Gasteiger partial charge in [0.15, 0.2) is 0 Å². The summed E-state index contributed by atoms with van der Waals surface area (Å²) >= 11 is 0. The maximum absolute atomic E-state index is 12.1. The monoisotopic (exact) mass is 297 g/mol. The lowest BCUT2D eigenvalue weighted by molar-refractivity contribution is -0.163. The molecule has 0 aliphatic rings. The number of anilines is 1. The smallest absolute Gasteiger partial charge is 0.331 e. The third-order valence-corrected chi connectivity index (χ3v) is 3.21. The molecule has 0 aromatic heterocycles. The third-order valence-electron chi connectivity index (χ3n) is 3.21. The van der Waals surface area contributed by atoms with Crippen LogP contribution in [0.2, 0.25) is 0 Å². The van der Waals surface area contributed by atoms with Crippen molar-refractivity contribution in [1.82, 2.24) is 0 Å². The predicted octanol–water partition coefficient (Wildman–Crippen LogP) is 3.18. The number of carbonyl (C=O) groups excluding carboxylic acids is 1. The highest BCUT2D eigenvalue weighted by Gasteiger charge is 2.18. The van der Waals surface area contributed by atoms with E-state index in [0.717, 1.165) is 16.5 Å². The maximum atomic E-state index is 12.1. The van der Waals surface area contributed by atoms with E-state index in [-0.39, 0.29) is 0 Å². The van der Waals surface area contributed by atoms with E-state index in [1.807, 2.05) is 42.5 Å². The van der Waals surface area contributed by atoms with Crippen molar-refractivity contribution < 1.29 is 14.3 Å². The maximum Gasteiger partial charge on any atom is 0.331 e. The number of rotatable bonds is 5. The van der Waals surface area contributed by atoms with Crippen molar-refractivity contribution in [2.24, 2.45) is 0 Å². The lowest BCUT2D eigenvalue weighted by Crippen LogP contribution is -2.32. The van der Waals surface area contributed by atoms with Crippen LogP contribution in [0.3, 0.4) is 0 Å². The number of ether oxygens (including phenoxy) is 2. The fourth-order valence-electron chi connectivity index (χ4n) is 2.11. The summed E-state index contributed by atoms with van der Waals surface area (Å²) in [7, 11) is 1.45. The average molecular weight is 297 g/mol. The molecule has 114 valence electrons. The predicted molar refractivity (Wildman–Crippen MR) is 87.4 cm³/mol. The molecule has 1 N–H and O–H groups in total. The van der Waals surface area contributed by atoms with Gasteiger partial charge in [-0.2, -0.15) is 0 Å². The van der Waals surface area contributed by atoms with Crippen LogP contribution in [0.1, 0.15) is 13.8 Å². The molecule has 0 spiro atoms. The fraction of sp³-hybridized carbons (Fsp3) is 0.278. The standard InChI is InChI=1S/C18H19NO3/c1-4-8-17(21-3)22-18(20)13(2)19-16-12-7-10-14-9-5-6-11-15(14)16/h5-7,9-13,17,19H,1-3H3. The van der Waals surface area contributed by atoms with Crippen molar-refractivity contribution in [2.75, 3.05) is 12.4 Å². The normalized spacial score (nSPS) is 12.9. The molecule has 2 unspecified atom stereocenters. The Hall–Kier alpha value is -2.51. The van der Waals surface area contributed by atoms with Gasteiger partial charge < -0.3 is 14.8 Å². The summed E-state index contributed by atoms with van der Waals surface area (Å²) in [6, 6.07) is 13.4. The number of hydrogen-bond acceptors (Lipinski definition) is 4. The summed E-state index contributed by atoms with van der Waals surface area (Å²) in [5, 5.41) is 5.35. The third kappa shape index (κ3) is 3.78. The van der Waals surface area contributed by atoms with Crippen LogP contribution in [0.4, 0.5) is 5.69 Å². The molecule has 0 aliphatic heterocycles. The Balaban J connectivity index is 2.11. The highest BCUT2D eigenvalue weighted by Crippen LogP contribution is 2.23. The second kappa shape index (κ2) is 7.48. The van der Waals surface area contributed by atoms with Crippen molar-refractivity contribution in [1.29, 1.82) is 0 Å². The van der Waals surface area contributed by atoms with Gasteiger partial charge in [0, 0.05) is 18.2 Å². The van der Waals surface area contributed by atoms with Gasteiger partial charge in [-0.25, -0.2) is 4.79 Å². The van der Waals surface area contributed by atoms with Crippen LogP contribution in [0.15, 0.2) is 42.5 Å². The summed E-state index contributed by atoms with van der Waals surface area (Å²) < 4.78 is 10.2. The number of methoxy groups -OCH3 is 1. The van der Waals surface area contributed by atoms with Gasteiger partial charge in [-0.3, -0.25) is 0 Å². The topological polar surface area (TPSA) is 47.6 Å². The molecule has 0 aliphatic carbocycles. The molecule has 0 fully saturated rings. The minimum Gasteiger partial charge on any atom is -0.422 e. The van der Waals surface area contributed by atoms with E-state index in [4.69, 9.17) is 9.47 Å². The number of fused-ring (bicyclic) bond motifs is 1. The van der Waals surface area contributed by atoms with Crippen LogP contribution < -0.4 is 5.32 Å². The van der Waals surface area contributed by atoms with Crippen LogP contribution in [0.25, 0.3) is 10.8 Å². The molecule has 0 saturated heterocycles. The number of carbonyl (C=O) groups is 1. The molecular weight excluding hydrogens is 278 g/mol. The Bertz CT molecular complexity index is 710. The van der Waals surface area contributed by atoms with E-state index in [9.17, 15) is 4.79 Å². The van der Waals surface area contributed by atoms with E-state index in [1.165, 1.54) is 7.11 Å². The van der Waals surface area contributed by atoms with Crippen molar-refractivity contribution in [3.05, 3.63) is 42.5 Å². The number of esters is 1. The Kier molecular flexibility index (Phi) is 5.40.